The van der Waals surface area contributed by atoms with Crippen molar-refractivity contribution in [3.05, 3.63) is 63.5 Å². The van der Waals surface area contributed by atoms with Gasteiger partial charge in [0, 0.05) is 27.7 Å². The third kappa shape index (κ3) is 6.07. The average molecular weight is 439 g/mol. The summed E-state index contributed by atoms with van der Waals surface area (Å²) in [5.74, 6) is -1.10. The molecular formula is C17H15FIN3O2. The van der Waals surface area contributed by atoms with Crippen molar-refractivity contribution in [1.29, 1.82) is 0 Å². The van der Waals surface area contributed by atoms with Crippen molar-refractivity contribution in [2.24, 2.45) is 5.10 Å². The van der Waals surface area contributed by atoms with Gasteiger partial charge in [0.1, 0.15) is 5.82 Å². The molecule has 0 saturated heterocycles. The molecule has 5 nitrogen and oxygen atoms in total. The highest BCUT2D eigenvalue weighted by molar-refractivity contribution is 14.1. The first-order valence-corrected chi connectivity index (χ1v) is 8.24. The number of hydrogen-bond acceptors (Lipinski definition) is 3. The van der Waals surface area contributed by atoms with Crippen LogP contribution in [0.1, 0.15) is 18.4 Å². The van der Waals surface area contributed by atoms with Crippen LogP contribution in [0.5, 0.6) is 0 Å². The molecule has 0 aliphatic rings. The van der Waals surface area contributed by atoms with E-state index in [1.54, 1.807) is 30.3 Å². The summed E-state index contributed by atoms with van der Waals surface area (Å²) < 4.78 is 14.4. The van der Waals surface area contributed by atoms with Crippen LogP contribution in [0.4, 0.5) is 10.1 Å². The van der Waals surface area contributed by atoms with E-state index >= 15 is 0 Å². The second-order valence-corrected chi connectivity index (χ2v) is 6.12. The van der Waals surface area contributed by atoms with Gasteiger partial charge in [0.25, 0.3) is 0 Å². The van der Waals surface area contributed by atoms with E-state index in [1.807, 2.05) is 12.1 Å². The van der Waals surface area contributed by atoms with Crippen LogP contribution >= 0.6 is 22.6 Å². The first-order valence-electron chi connectivity index (χ1n) is 7.16. The molecule has 0 aliphatic heterocycles. The average Bonchev–Trinajstić information content (AvgIpc) is 2.57. The molecule has 0 radical (unpaired) electrons. The Balaban J connectivity index is 1.73. The molecule has 0 aliphatic carbocycles. The van der Waals surface area contributed by atoms with Crippen LogP contribution in [0, 0.1) is 9.39 Å². The number of halogens is 2. The van der Waals surface area contributed by atoms with Crippen LogP contribution < -0.4 is 10.7 Å². The summed E-state index contributed by atoms with van der Waals surface area (Å²) in [5.41, 5.74) is 3.22. The zero-order chi connectivity index (χ0) is 17.4. The molecule has 124 valence electrons. The molecule has 0 aromatic heterocycles. The Hall–Kier alpha value is -2.29. The van der Waals surface area contributed by atoms with Crippen LogP contribution in [0.25, 0.3) is 0 Å². The lowest BCUT2D eigenvalue weighted by atomic mass is 10.2. The minimum atomic E-state index is -0.424. The smallest absolute Gasteiger partial charge is 0.240 e. The van der Waals surface area contributed by atoms with Crippen molar-refractivity contribution in [3.8, 4) is 0 Å². The Morgan fingerprint density at radius 2 is 1.71 bits per heavy atom. The highest BCUT2D eigenvalue weighted by Crippen LogP contribution is 2.11. The molecule has 0 bridgehead atoms. The number of nitrogens with zero attached hydrogens (tertiary/aromatic N) is 1. The largest absolute Gasteiger partial charge is 0.326 e. The number of hydrogen-bond donors (Lipinski definition) is 2. The molecule has 0 atom stereocenters. The topological polar surface area (TPSA) is 70.6 Å². The van der Waals surface area contributed by atoms with Gasteiger partial charge in [-0.3, -0.25) is 9.59 Å². The summed E-state index contributed by atoms with van der Waals surface area (Å²) in [6.07, 6.45) is 1.25. The maximum Gasteiger partial charge on any atom is 0.240 e. The predicted octanol–water partition coefficient (Wildman–Crippen LogP) is 3.30. The summed E-state index contributed by atoms with van der Waals surface area (Å²) in [5, 5.41) is 6.38. The summed E-state index contributed by atoms with van der Waals surface area (Å²) in [6.45, 7) is 0. The normalized spacial score (nSPS) is 10.6. The van der Waals surface area contributed by atoms with Gasteiger partial charge in [-0.2, -0.15) is 5.10 Å². The number of nitrogens with one attached hydrogen (secondary N) is 2. The molecule has 0 fully saturated rings. The van der Waals surface area contributed by atoms with Gasteiger partial charge in [0.05, 0.1) is 6.21 Å². The minimum Gasteiger partial charge on any atom is -0.326 e. The maximum absolute atomic E-state index is 13.3. The fraction of sp³-hybridized carbons (Fsp3) is 0.118. The molecule has 2 aromatic carbocycles. The Morgan fingerprint density at radius 3 is 2.42 bits per heavy atom. The number of amides is 2. The highest BCUT2D eigenvalue weighted by atomic mass is 127. The van der Waals surface area contributed by atoms with Gasteiger partial charge in [-0.05, 0) is 52.9 Å². The zero-order valence-electron chi connectivity index (χ0n) is 12.6. The van der Waals surface area contributed by atoms with Crippen molar-refractivity contribution in [1.82, 2.24) is 5.43 Å². The van der Waals surface area contributed by atoms with E-state index in [4.69, 9.17) is 0 Å². The maximum atomic E-state index is 13.3. The lowest BCUT2D eigenvalue weighted by molar-refractivity contribution is -0.124. The van der Waals surface area contributed by atoms with Crippen molar-refractivity contribution < 1.29 is 14.0 Å². The Kier molecular flexibility index (Phi) is 6.86. The third-order valence-electron chi connectivity index (χ3n) is 3.01. The van der Waals surface area contributed by atoms with E-state index < -0.39 is 11.7 Å². The highest BCUT2D eigenvalue weighted by Gasteiger charge is 2.07. The number of anilines is 1. The molecule has 2 amide bonds. The molecule has 7 heteroatoms. The van der Waals surface area contributed by atoms with E-state index in [0.717, 1.165) is 3.57 Å². The van der Waals surface area contributed by atoms with Crippen LogP contribution in [0.15, 0.2) is 53.6 Å². The van der Waals surface area contributed by atoms with Crippen LogP contribution in [0.2, 0.25) is 0 Å². The van der Waals surface area contributed by atoms with E-state index in [-0.39, 0.29) is 24.3 Å². The Morgan fingerprint density at radius 1 is 1.04 bits per heavy atom. The third-order valence-corrected chi connectivity index (χ3v) is 3.72. The fourth-order valence-corrected chi connectivity index (χ4v) is 2.15. The van der Waals surface area contributed by atoms with Crippen molar-refractivity contribution in [3.63, 3.8) is 0 Å². The summed E-state index contributed by atoms with van der Waals surface area (Å²) in [7, 11) is 0. The Labute approximate surface area is 152 Å². The fourth-order valence-electron chi connectivity index (χ4n) is 1.79. The zero-order valence-corrected chi connectivity index (χ0v) is 14.8. The molecule has 24 heavy (non-hydrogen) atoms. The molecule has 0 spiro atoms. The Bertz CT molecular complexity index is 748. The number of hydrazone groups is 1. The van der Waals surface area contributed by atoms with E-state index in [1.165, 1.54) is 12.3 Å². The molecule has 2 rings (SSSR count). The standard InChI is InChI=1S/C17H15FIN3O2/c18-15-4-2-1-3-12(15)11-20-22-17(24)10-9-16(23)21-14-7-5-13(19)6-8-14/h1-8,11H,9-10H2,(H,21,23)(H,22,24)/b20-11-. The van der Waals surface area contributed by atoms with Gasteiger partial charge >= 0.3 is 0 Å². The van der Waals surface area contributed by atoms with Gasteiger partial charge in [-0.25, -0.2) is 9.82 Å². The lowest BCUT2D eigenvalue weighted by Crippen LogP contribution is -2.20. The van der Waals surface area contributed by atoms with Gasteiger partial charge in [-0.1, -0.05) is 18.2 Å². The number of carbonyl (C=O) groups excluding carboxylic acids is 2. The van der Waals surface area contributed by atoms with Crippen LogP contribution in [-0.4, -0.2) is 18.0 Å². The van der Waals surface area contributed by atoms with Gasteiger partial charge in [-0.15, -0.1) is 0 Å². The lowest BCUT2D eigenvalue weighted by Gasteiger charge is -2.05. The summed E-state index contributed by atoms with van der Waals surface area (Å²) in [4.78, 5) is 23.4. The van der Waals surface area contributed by atoms with Crippen LogP contribution in [-0.2, 0) is 9.59 Å². The molecule has 2 N–H and O–H groups in total. The van der Waals surface area contributed by atoms with E-state index in [2.05, 4.69) is 38.4 Å². The van der Waals surface area contributed by atoms with Gasteiger partial charge in [0.2, 0.25) is 11.8 Å². The predicted molar refractivity (Wildman–Crippen MR) is 99.2 cm³/mol. The number of carbonyl (C=O) groups is 2. The molecule has 0 saturated carbocycles. The number of rotatable bonds is 6. The molecule has 0 heterocycles. The molecular weight excluding hydrogens is 424 g/mol. The van der Waals surface area contributed by atoms with Gasteiger partial charge < -0.3 is 5.32 Å². The quantitative estimate of drug-likeness (QED) is 0.412. The van der Waals surface area contributed by atoms with Crippen molar-refractivity contribution in [2.75, 3.05) is 5.32 Å². The monoisotopic (exact) mass is 439 g/mol. The van der Waals surface area contributed by atoms with Crippen molar-refractivity contribution >= 4 is 46.3 Å². The first-order chi connectivity index (χ1) is 11.5. The number of benzene rings is 2. The van der Waals surface area contributed by atoms with E-state index in [9.17, 15) is 14.0 Å². The second-order valence-electron chi connectivity index (χ2n) is 4.87. The van der Waals surface area contributed by atoms with Crippen LogP contribution in [0.3, 0.4) is 0 Å². The SMILES string of the molecule is O=C(CCC(=O)Nc1ccc(I)cc1)N/N=C\c1ccccc1F. The molecule has 2 aromatic rings. The minimum absolute atomic E-state index is 0.00911. The second kappa shape index (κ2) is 9.11. The molecule has 0 unspecified atom stereocenters. The first kappa shape index (κ1) is 18.1. The van der Waals surface area contributed by atoms with Gasteiger partial charge in [0.15, 0.2) is 0 Å². The van der Waals surface area contributed by atoms with E-state index in [0.29, 0.717) is 5.69 Å². The summed E-state index contributed by atoms with van der Waals surface area (Å²) >= 11 is 2.17. The summed E-state index contributed by atoms with van der Waals surface area (Å²) in [6, 6.07) is 13.4. The van der Waals surface area contributed by atoms with Crippen molar-refractivity contribution in [2.45, 2.75) is 12.8 Å².